The molecule has 4 atom stereocenters. The standard InChI is InChI=1S/C20H30O3/c1-14(10-13-21)6-8-16-15(2)7-9-17-19(16,3)11-5-12-20(17,4)18(22)23/h10,13,16-17H,2,5-9,11-12H2,1,3-4H3,(H,22,23)/b14-10-/t16-,17-,19-,20+/m0/s1. The molecular weight excluding hydrogens is 288 g/mol. The van der Waals surface area contributed by atoms with Crippen molar-refractivity contribution in [3.63, 3.8) is 0 Å². The van der Waals surface area contributed by atoms with Crippen LogP contribution in [-0.4, -0.2) is 17.4 Å². The van der Waals surface area contributed by atoms with E-state index in [0.717, 1.165) is 56.8 Å². The van der Waals surface area contributed by atoms with E-state index in [9.17, 15) is 14.7 Å². The molecule has 3 heteroatoms. The molecule has 2 rings (SSSR count). The molecule has 128 valence electrons. The summed E-state index contributed by atoms with van der Waals surface area (Å²) in [6.07, 6.45) is 9.05. The second-order valence-electron chi connectivity index (χ2n) is 8.07. The van der Waals surface area contributed by atoms with Crippen LogP contribution in [0.4, 0.5) is 0 Å². The summed E-state index contributed by atoms with van der Waals surface area (Å²) in [6, 6.07) is 0. The SMILES string of the molecule is C=C1CC[C@H]2[C@@](C)(CCC[C@@]2(C)C(=O)O)[C@H]1CC/C(C)=C\C=O. The first kappa shape index (κ1) is 18.0. The molecule has 23 heavy (non-hydrogen) atoms. The second-order valence-corrected chi connectivity index (χ2v) is 8.07. The second kappa shape index (κ2) is 6.62. The Morgan fingerprint density at radius 3 is 2.70 bits per heavy atom. The molecule has 2 aliphatic carbocycles. The van der Waals surface area contributed by atoms with Crippen molar-refractivity contribution in [2.45, 2.75) is 65.7 Å². The quantitative estimate of drug-likeness (QED) is 0.451. The highest BCUT2D eigenvalue weighted by Gasteiger charge is 2.57. The van der Waals surface area contributed by atoms with Crippen molar-refractivity contribution in [2.24, 2.45) is 22.7 Å². The number of carbonyl (C=O) groups excluding carboxylic acids is 1. The molecule has 2 aliphatic rings. The number of carboxylic acid groups (broad SMARTS) is 1. The fraction of sp³-hybridized carbons (Fsp3) is 0.700. The van der Waals surface area contributed by atoms with Crippen LogP contribution in [0.2, 0.25) is 0 Å². The van der Waals surface area contributed by atoms with E-state index < -0.39 is 11.4 Å². The van der Waals surface area contributed by atoms with Gasteiger partial charge in [0.2, 0.25) is 0 Å². The first-order valence-corrected chi connectivity index (χ1v) is 8.77. The van der Waals surface area contributed by atoms with Crippen molar-refractivity contribution in [1.29, 1.82) is 0 Å². The third-order valence-electron chi connectivity index (χ3n) is 6.69. The smallest absolute Gasteiger partial charge is 0.309 e. The van der Waals surface area contributed by atoms with Gasteiger partial charge >= 0.3 is 5.97 Å². The van der Waals surface area contributed by atoms with Crippen molar-refractivity contribution >= 4 is 12.3 Å². The minimum absolute atomic E-state index is 0.0161. The molecule has 1 N–H and O–H groups in total. The van der Waals surface area contributed by atoms with Crippen LogP contribution in [0.25, 0.3) is 0 Å². The predicted molar refractivity (Wildman–Crippen MR) is 92.1 cm³/mol. The largest absolute Gasteiger partial charge is 0.481 e. The summed E-state index contributed by atoms with van der Waals surface area (Å²) in [7, 11) is 0. The molecule has 0 saturated heterocycles. The van der Waals surface area contributed by atoms with Gasteiger partial charge in [-0.05, 0) is 75.7 Å². The molecule has 0 radical (unpaired) electrons. The Labute approximate surface area is 139 Å². The number of fused-ring (bicyclic) bond motifs is 1. The summed E-state index contributed by atoms with van der Waals surface area (Å²) in [6.45, 7) is 10.5. The molecule has 0 aromatic carbocycles. The van der Waals surface area contributed by atoms with Crippen LogP contribution in [0.1, 0.15) is 65.7 Å². The van der Waals surface area contributed by atoms with Crippen molar-refractivity contribution in [1.82, 2.24) is 0 Å². The van der Waals surface area contributed by atoms with Gasteiger partial charge in [0.25, 0.3) is 0 Å². The Morgan fingerprint density at radius 1 is 1.39 bits per heavy atom. The highest BCUT2D eigenvalue weighted by atomic mass is 16.4. The number of rotatable bonds is 5. The Hall–Kier alpha value is -1.38. The fourth-order valence-corrected chi connectivity index (χ4v) is 5.31. The molecule has 0 unspecified atom stereocenters. The lowest BCUT2D eigenvalue weighted by molar-refractivity contribution is -0.164. The van der Waals surface area contributed by atoms with Crippen molar-refractivity contribution in [2.75, 3.05) is 0 Å². The van der Waals surface area contributed by atoms with Crippen LogP contribution < -0.4 is 0 Å². The predicted octanol–water partition coefficient (Wildman–Crippen LogP) is 4.78. The molecule has 0 spiro atoms. The Bertz CT molecular complexity index is 533. The van der Waals surface area contributed by atoms with Crippen LogP contribution in [0.15, 0.2) is 23.8 Å². The van der Waals surface area contributed by atoms with Gasteiger partial charge < -0.3 is 5.11 Å². The molecule has 0 amide bonds. The zero-order chi connectivity index (χ0) is 17.3. The van der Waals surface area contributed by atoms with Gasteiger partial charge in [-0.25, -0.2) is 0 Å². The van der Waals surface area contributed by atoms with Gasteiger partial charge in [-0.3, -0.25) is 9.59 Å². The molecular formula is C20H30O3. The molecule has 0 aromatic heterocycles. The number of hydrogen-bond acceptors (Lipinski definition) is 2. The highest BCUT2D eigenvalue weighted by Crippen LogP contribution is 2.62. The normalized spacial score (nSPS) is 38.0. The lowest BCUT2D eigenvalue weighted by Gasteiger charge is -2.57. The summed E-state index contributed by atoms with van der Waals surface area (Å²) in [5.41, 5.74) is 1.77. The van der Waals surface area contributed by atoms with E-state index in [1.54, 1.807) is 6.08 Å². The van der Waals surface area contributed by atoms with Crippen molar-refractivity contribution < 1.29 is 14.7 Å². The lowest BCUT2D eigenvalue weighted by Crippen LogP contribution is -2.53. The third kappa shape index (κ3) is 3.15. The average molecular weight is 318 g/mol. The number of carbonyl (C=O) groups is 2. The van der Waals surface area contributed by atoms with Crippen molar-refractivity contribution in [3.05, 3.63) is 23.8 Å². The zero-order valence-corrected chi connectivity index (χ0v) is 14.7. The number of hydrogen-bond donors (Lipinski definition) is 1. The van der Waals surface area contributed by atoms with E-state index in [4.69, 9.17) is 0 Å². The molecule has 2 saturated carbocycles. The van der Waals surface area contributed by atoms with E-state index in [1.165, 1.54) is 5.57 Å². The van der Waals surface area contributed by atoms with E-state index in [-0.39, 0.29) is 11.3 Å². The van der Waals surface area contributed by atoms with Crippen LogP contribution in [0.3, 0.4) is 0 Å². The first-order chi connectivity index (χ1) is 10.8. The van der Waals surface area contributed by atoms with E-state index >= 15 is 0 Å². The van der Waals surface area contributed by atoms with Crippen LogP contribution in [0, 0.1) is 22.7 Å². The summed E-state index contributed by atoms with van der Waals surface area (Å²) in [5, 5.41) is 9.82. The number of allylic oxidation sites excluding steroid dienone is 3. The van der Waals surface area contributed by atoms with Crippen molar-refractivity contribution in [3.8, 4) is 0 Å². The summed E-state index contributed by atoms with van der Waals surface area (Å²) in [5.74, 6) is -0.0703. The molecule has 3 nitrogen and oxygen atoms in total. The van der Waals surface area contributed by atoms with E-state index in [2.05, 4.69) is 13.5 Å². The number of carboxylic acids is 1. The Balaban J connectivity index is 2.27. The maximum absolute atomic E-state index is 11.9. The first-order valence-electron chi connectivity index (χ1n) is 8.77. The minimum Gasteiger partial charge on any atom is -0.481 e. The van der Waals surface area contributed by atoms with Gasteiger partial charge in [0.15, 0.2) is 0 Å². The van der Waals surface area contributed by atoms with Gasteiger partial charge in [0.1, 0.15) is 6.29 Å². The van der Waals surface area contributed by atoms with Crippen LogP contribution in [0.5, 0.6) is 0 Å². The molecule has 2 fully saturated rings. The van der Waals surface area contributed by atoms with Crippen LogP contribution >= 0.6 is 0 Å². The highest BCUT2D eigenvalue weighted by molar-refractivity contribution is 5.75. The summed E-state index contributed by atoms with van der Waals surface area (Å²) < 4.78 is 0. The number of aldehydes is 1. The van der Waals surface area contributed by atoms with E-state index in [0.29, 0.717) is 5.92 Å². The van der Waals surface area contributed by atoms with Gasteiger partial charge in [-0.2, -0.15) is 0 Å². The monoisotopic (exact) mass is 318 g/mol. The molecule has 0 heterocycles. The zero-order valence-electron chi connectivity index (χ0n) is 14.7. The third-order valence-corrected chi connectivity index (χ3v) is 6.69. The van der Waals surface area contributed by atoms with E-state index in [1.807, 2.05) is 13.8 Å². The lowest BCUT2D eigenvalue weighted by atomic mass is 9.46. The average Bonchev–Trinajstić information content (AvgIpc) is 2.46. The summed E-state index contributed by atoms with van der Waals surface area (Å²) >= 11 is 0. The van der Waals surface area contributed by atoms with Gasteiger partial charge in [-0.1, -0.05) is 31.1 Å². The maximum atomic E-state index is 11.9. The van der Waals surface area contributed by atoms with Gasteiger partial charge in [0.05, 0.1) is 5.41 Å². The Morgan fingerprint density at radius 2 is 2.09 bits per heavy atom. The minimum atomic E-state index is -0.642. The van der Waals surface area contributed by atoms with Gasteiger partial charge in [-0.15, -0.1) is 0 Å². The molecule has 0 aliphatic heterocycles. The Kier molecular flexibility index (Phi) is 5.17. The maximum Gasteiger partial charge on any atom is 0.309 e. The number of aliphatic carboxylic acids is 1. The van der Waals surface area contributed by atoms with Gasteiger partial charge in [0, 0.05) is 0 Å². The summed E-state index contributed by atoms with van der Waals surface area (Å²) in [4.78, 5) is 22.6. The van der Waals surface area contributed by atoms with Crippen LogP contribution in [-0.2, 0) is 9.59 Å². The fourth-order valence-electron chi connectivity index (χ4n) is 5.31. The topological polar surface area (TPSA) is 54.4 Å². The molecule has 0 aromatic rings. The molecule has 0 bridgehead atoms.